The lowest BCUT2D eigenvalue weighted by atomic mass is 9.74. The Morgan fingerprint density at radius 2 is 1.89 bits per heavy atom. The number of piperidine rings is 1. The Morgan fingerprint density at radius 3 is 2.43 bits per heavy atom. The topological polar surface area (TPSA) is 75.5 Å². The Kier molecular flexibility index (Phi) is 6.49. The summed E-state index contributed by atoms with van der Waals surface area (Å²) in [7, 11) is -3.30. The zero-order chi connectivity index (χ0) is 20.4. The number of carbonyl (C=O) groups excluding carboxylic acids is 1. The van der Waals surface area contributed by atoms with Gasteiger partial charge in [0.1, 0.15) is 5.82 Å². The Hall–Kier alpha value is -1.41. The van der Waals surface area contributed by atoms with E-state index in [1.807, 2.05) is 22.6 Å². The van der Waals surface area contributed by atoms with Gasteiger partial charge in [-0.25, -0.2) is 13.4 Å². The van der Waals surface area contributed by atoms with Crippen LogP contribution in [0.15, 0.2) is 12.4 Å². The molecule has 0 N–H and O–H groups in total. The zero-order valence-electron chi connectivity index (χ0n) is 17.4. The normalized spacial score (nSPS) is 21.2. The molecule has 2 fully saturated rings. The van der Waals surface area contributed by atoms with Crippen molar-refractivity contribution in [3.05, 3.63) is 18.2 Å². The van der Waals surface area contributed by atoms with E-state index in [0.29, 0.717) is 39.0 Å². The first-order valence-corrected chi connectivity index (χ1v) is 12.3. The molecule has 8 heteroatoms. The minimum Gasteiger partial charge on any atom is -0.342 e. The number of aryl methyl sites for hydroxylation is 1. The number of hydrogen-bond donors (Lipinski definition) is 0. The SMILES string of the molecule is Cc1nccn1CCN(C1CCN(C(=O)C2(C)CCCCC2)CC1)S(C)(=O)=O. The number of amides is 1. The van der Waals surface area contributed by atoms with E-state index in [9.17, 15) is 13.2 Å². The van der Waals surface area contributed by atoms with Crippen molar-refractivity contribution in [1.82, 2.24) is 18.8 Å². The summed E-state index contributed by atoms with van der Waals surface area (Å²) in [5.74, 6) is 1.15. The fraction of sp³-hybridized carbons (Fsp3) is 0.800. The van der Waals surface area contributed by atoms with E-state index in [-0.39, 0.29) is 17.4 Å². The predicted molar refractivity (Wildman–Crippen MR) is 109 cm³/mol. The maximum atomic E-state index is 13.1. The number of rotatable bonds is 6. The number of sulfonamides is 1. The molecule has 1 saturated carbocycles. The second-order valence-corrected chi connectivity index (χ2v) is 10.6. The first kappa shape index (κ1) is 21.3. The molecule has 1 amide bonds. The lowest BCUT2D eigenvalue weighted by Gasteiger charge is -2.42. The molecule has 0 aromatic carbocycles. The fourth-order valence-electron chi connectivity index (χ4n) is 4.75. The summed E-state index contributed by atoms with van der Waals surface area (Å²) in [4.78, 5) is 19.2. The number of imidazole rings is 1. The third-order valence-corrected chi connectivity index (χ3v) is 7.88. The highest BCUT2D eigenvalue weighted by molar-refractivity contribution is 7.88. The molecule has 0 unspecified atom stereocenters. The van der Waals surface area contributed by atoms with Gasteiger partial charge in [0.25, 0.3) is 0 Å². The van der Waals surface area contributed by atoms with E-state index >= 15 is 0 Å². The van der Waals surface area contributed by atoms with Gasteiger partial charge < -0.3 is 9.47 Å². The molecule has 158 valence electrons. The Morgan fingerprint density at radius 1 is 1.25 bits per heavy atom. The van der Waals surface area contributed by atoms with Crippen LogP contribution in [0.4, 0.5) is 0 Å². The van der Waals surface area contributed by atoms with Crippen LogP contribution < -0.4 is 0 Å². The van der Waals surface area contributed by atoms with Crippen molar-refractivity contribution >= 4 is 15.9 Å². The van der Waals surface area contributed by atoms with Crippen molar-refractivity contribution in [3.8, 4) is 0 Å². The molecule has 3 rings (SSSR count). The molecular formula is C20H34N4O3S. The van der Waals surface area contributed by atoms with E-state index in [1.165, 1.54) is 12.7 Å². The zero-order valence-corrected chi connectivity index (χ0v) is 18.2. The van der Waals surface area contributed by atoms with Crippen LogP contribution in [0, 0.1) is 12.3 Å². The maximum Gasteiger partial charge on any atom is 0.228 e. The standard InChI is InChI=1S/C20H34N4O3S/c1-17-21-11-14-22(17)15-16-24(28(3,26)27)18-7-12-23(13-8-18)19(25)20(2)9-5-4-6-10-20/h11,14,18H,4-10,12-13,15-16H2,1-3H3. The van der Waals surface area contributed by atoms with Crippen molar-refractivity contribution in [3.63, 3.8) is 0 Å². The molecule has 0 bridgehead atoms. The fourth-order valence-corrected chi connectivity index (χ4v) is 5.92. The van der Waals surface area contributed by atoms with Crippen molar-refractivity contribution in [1.29, 1.82) is 0 Å². The average Bonchev–Trinajstić information content (AvgIpc) is 3.06. The monoisotopic (exact) mass is 410 g/mol. The van der Waals surface area contributed by atoms with Gasteiger partial charge in [0.05, 0.1) is 6.26 Å². The summed E-state index contributed by atoms with van der Waals surface area (Å²) in [5, 5.41) is 0. The van der Waals surface area contributed by atoms with Crippen LogP contribution >= 0.6 is 0 Å². The van der Waals surface area contributed by atoms with E-state index in [0.717, 1.165) is 31.5 Å². The van der Waals surface area contributed by atoms with Crippen molar-refractivity contribution in [2.45, 2.75) is 71.4 Å². The van der Waals surface area contributed by atoms with Gasteiger partial charge in [-0.05, 0) is 32.6 Å². The predicted octanol–water partition coefficient (Wildman–Crippen LogP) is 2.41. The van der Waals surface area contributed by atoms with Gasteiger partial charge in [0, 0.05) is 50.0 Å². The Bertz CT molecular complexity index is 775. The van der Waals surface area contributed by atoms with E-state index in [2.05, 4.69) is 11.9 Å². The first-order valence-electron chi connectivity index (χ1n) is 10.4. The van der Waals surface area contributed by atoms with Crippen molar-refractivity contribution in [2.24, 2.45) is 5.41 Å². The number of likely N-dealkylation sites (tertiary alicyclic amines) is 1. The first-order chi connectivity index (χ1) is 13.2. The third kappa shape index (κ3) is 4.76. The second-order valence-electron chi connectivity index (χ2n) is 8.69. The van der Waals surface area contributed by atoms with Crippen LogP contribution in [-0.4, -0.2) is 65.0 Å². The highest BCUT2D eigenvalue weighted by Crippen LogP contribution is 2.38. The van der Waals surface area contributed by atoms with Crippen LogP contribution in [0.25, 0.3) is 0 Å². The molecule has 0 radical (unpaired) electrons. The summed E-state index contributed by atoms with van der Waals surface area (Å²) in [6.07, 6.45) is 11.8. The third-order valence-electron chi connectivity index (χ3n) is 6.54. The summed E-state index contributed by atoms with van der Waals surface area (Å²) in [6, 6.07) is -0.0398. The second kappa shape index (κ2) is 8.53. The van der Waals surface area contributed by atoms with E-state index in [4.69, 9.17) is 0 Å². The molecule has 0 atom stereocenters. The number of hydrogen-bond acceptors (Lipinski definition) is 4. The number of nitrogens with zero attached hydrogens (tertiary/aromatic N) is 4. The minimum atomic E-state index is -3.30. The lowest BCUT2D eigenvalue weighted by molar-refractivity contribution is -0.144. The quantitative estimate of drug-likeness (QED) is 0.722. The molecule has 7 nitrogen and oxygen atoms in total. The number of carbonyl (C=O) groups is 1. The van der Waals surface area contributed by atoms with Gasteiger partial charge in [-0.1, -0.05) is 26.2 Å². The molecule has 28 heavy (non-hydrogen) atoms. The molecule has 1 aromatic rings. The average molecular weight is 411 g/mol. The van der Waals surface area contributed by atoms with Gasteiger partial charge in [-0.15, -0.1) is 0 Å². The summed E-state index contributed by atoms with van der Waals surface area (Å²) >= 11 is 0. The molecule has 2 heterocycles. The van der Waals surface area contributed by atoms with E-state index < -0.39 is 10.0 Å². The van der Waals surface area contributed by atoms with Gasteiger partial charge in [-0.2, -0.15) is 4.31 Å². The highest BCUT2D eigenvalue weighted by Gasteiger charge is 2.39. The molecule has 0 spiro atoms. The smallest absolute Gasteiger partial charge is 0.228 e. The molecule has 2 aliphatic rings. The van der Waals surface area contributed by atoms with E-state index in [1.54, 1.807) is 10.5 Å². The Balaban J connectivity index is 1.60. The molecule has 1 aliphatic carbocycles. The van der Waals surface area contributed by atoms with Gasteiger partial charge in [0.15, 0.2) is 0 Å². The van der Waals surface area contributed by atoms with Crippen LogP contribution in [0.2, 0.25) is 0 Å². The van der Waals surface area contributed by atoms with Crippen molar-refractivity contribution in [2.75, 3.05) is 25.9 Å². The van der Waals surface area contributed by atoms with Crippen LogP contribution in [0.5, 0.6) is 0 Å². The van der Waals surface area contributed by atoms with Gasteiger partial charge >= 0.3 is 0 Å². The molecule has 1 aliphatic heterocycles. The molecule has 1 saturated heterocycles. The van der Waals surface area contributed by atoms with Crippen LogP contribution in [0.1, 0.15) is 57.7 Å². The number of aromatic nitrogens is 2. The van der Waals surface area contributed by atoms with Crippen LogP contribution in [0.3, 0.4) is 0 Å². The van der Waals surface area contributed by atoms with Crippen LogP contribution in [-0.2, 0) is 21.4 Å². The maximum absolute atomic E-state index is 13.1. The summed E-state index contributed by atoms with van der Waals surface area (Å²) in [5.41, 5.74) is -0.222. The summed E-state index contributed by atoms with van der Waals surface area (Å²) in [6.45, 7) is 6.35. The summed E-state index contributed by atoms with van der Waals surface area (Å²) < 4.78 is 28.4. The van der Waals surface area contributed by atoms with Gasteiger partial charge in [-0.3, -0.25) is 4.79 Å². The van der Waals surface area contributed by atoms with Crippen molar-refractivity contribution < 1.29 is 13.2 Å². The highest BCUT2D eigenvalue weighted by atomic mass is 32.2. The minimum absolute atomic E-state index is 0.0398. The largest absolute Gasteiger partial charge is 0.342 e. The van der Waals surface area contributed by atoms with Gasteiger partial charge in [0.2, 0.25) is 15.9 Å². The lowest BCUT2D eigenvalue weighted by Crippen LogP contribution is -2.52. The molecular weight excluding hydrogens is 376 g/mol. The molecule has 1 aromatic heterocycles. The Labute approximate surface area is 169 Å².